The molecule has 2 N–H and O–H groups in total. The quantitative estimate of drug-likeness (QED) is 0.645. The number of sulfonamides is 1. The lowest BCUT2D eigenvalue weighted by atomic mass is 9.82. The Hall–Kier alpha value is -2.74. The molecule has 7 heteroatoms. The summed E-state index contributed by atoms with van der Waals surface area (Å²) in [5.74, 6) is -0.859. The predicted octanol–water partition coefficient (Wildman–Crippen LogP) is 4.03. The molecule has 0 spiro atoms. The molecule has 1 fully saturated rings. The van der Waals surface area contributed by atoms with Gasteiger partial charge in [0.1, 0.15) is 10.7 Å². The summed E-state index contributed by atoms with van der Waals surface area (Å²) in [5.41, 5.74) is 3.68. The highest BCUT2D eigenvalue weighted by molar-refractivity contribution is 7.89. The van der Waals surface area contributed by atoms with Crippen molar-refractivity contribution in [3.63, 3.8) is 0 Å². The number of fused-ring (bicyclic) bond motifs is 3. The Morgan fingerprint density at radius 2 is 1.74 bits per heavy atom. The fourth-order valence-corrected chi connectivity index (χ4v) is 6.61. The van der Waals surface area contributed by atoms with Gasteiger partial charge in [0.2, 0.25) is 10.0 Å². The molecular weight excluding hydrogens is 415 g/mol. The van der Waals surface area contributed by atoms with Crippen molar-refractivity contribution in [3.05, 3.63) is 84.2 Å². The summed E-state index contributed by atoms with van der Waals surface area (Å²) in [6.45, 7) is 0.174. The van der Waals surface area contributed by atoms with Gasteiger partial charge in [-0.3, -0.25) is 0 Å². The average Bonchev–Trinajstić information content (AvgIpc) is 3.25. The fraction of sp³-hybridized carbons (Fsp3) is 0.250. The third-order valence-electron chi connectivity index (χ3n) is 6.35. The minimum Gasteiger partial charge on any atom is -0.394 e. The van der Waals surface area contributed by atoms with E-state index in [0.717, 1.165) is 22.4 Å². The van der Waals surface area contributed by atoms with Gasteiger partial charge in [-0.25, -0.2) is 12.8 Å². The molecule has 160 valence electrons. The van der Waals surface area contributed by atoms with Crippen molar-refractivity contribution in [1.29, 1.82) is 0 Å². The Morgan fingerprint density at radius 1 is 1.00 bits per heavy atom. The lowest BCUT2D eigenvalue weighted by molar-refractivity contribution is 0.210. The van der Waals surface area contributed by atoms with E-state index in [2.05, 4.69) is 5.32 Å². The van der Waals surface area contributed by atoms with E-state index < -0.39 is 21.9 Å². The Bertz CT molecular complexity index is 1220. The molecule has 3 aromatic carbocycles. The Labute approximate surface area is 181 Å². The van der Waals surface area contributed by atoms with Crippen LogP contribution in [-0.4, -0.2) is 37.0 Å². The first-order chi connectivity index (χ1) is 15.0. The van der Waals surface area contributed by atoms with Gasteiger partial charge in [-0.15, -0.1) is 0 Å². The number of hydrogen-bond acceptors (Lipinski definition) is 4. The van der Waals surface area contributed by atoms with Crippen LogP contribution in [0, 0.1) is 11.7 Å². The molecule has 0 saturated carbocycles. The second-order valence-corrected chi connectivity index (χ2v) is 9.90. The number of nitrogens with one attached hydrogen (secondary N) is 1. The van der Waals surface area contributed by atoms with Crippen molar-refractivity contribution < 1.29 is 17.9 Å². The maximum atomic E-state index is 14.4. The smallest absolute Gasteiger partial charge is 0.246 e. The largest absolute Gasteiger partial charge is 0.394 e. The monoisotopic (exact) mass is 438 g/mol. The number of aliphatic hydroxyl groups excluding tert-OH is 1. The van der Waals surface area contributed by atoms with Crippen LogP contribution in [0.25, 0.3) is 11.1 Å². The van der Waals surface area contributed by atoms with E-state index in [1.807, 2.05) is 48.5 Å². The first-order valence-corrected chi connectivity index (χ1v) is 11.8. The van der Waals surface area contributed by atoms with Crippen molar-refractivity contribution in [3.8, 4) is 11.1 Å². The molecule has 3 atom stereocenters. The summed E-state index contributed by atoms with van der Waals surface area (Å²) in [6, 6.07) is 20.6. The minimum absolute atomic E-state index is 0.103. The molecule has 2 aliphatic rings. The number of nitrogens with zero attached hydrogens (tertiary/aromatic N) is 1. The maximum Gasteiger partial charge on any atom is 0.246 e. The van der Waals surface area contributed by atoms with Crippen molar-refractivity contribution in [2.75, 3.05) is 18.5 Å². The van der Waals surface area contributed by atoms with Gasteiger partial charge < -0.3 is 10.4 Å². The molecule has 0 aliphatic carbocycles. The molecule has 2 aliphatic heterocycles. The van der Waals surface area contributed by atoms with Crippen LogP contribution in [-0.2, 0) is 10.0 Å². The van der Waals surface area contributed by atoms with Crippen molar-refractivity contribution >= 4 is 15.7 Å². The van der Waals surface area contributed by atoms with Crippen LogP contribution < -0.4 is 5.32 Å². The molecule has 2 heterocycles. The van der Waals surface area contributed by atoms with Crippen LogP contribution in [0.4, 0.5) is 10.1 Å². The molecule has 1 saturated heterocycles. The predicted molar refractivity (Wildman–Crippen MR) is 118 cm³/mol. The zero-order valence-corrected chi connectivity index (χ0v) is 17.6. The zero-order valence-electron chi connectivity index (χ0n) is 16.8. The van der Waals surface area contributed by atoms with Crippen LogP contribution in [0.3, 0.4) is 0 Å². The van der Waals surface area contributed by atoms with Crippen molar-refractivity contribution in [2.24, 2.45) is 5.92 Å². The summed E-state index contributed by atoms with van der Waals surface area (Å²) >= 11 is 0. The van der Waals surface area contributed by atoms with Gasteiger partial charge >= 0.3 is 0 Å². The van der Waals surface area contributed by atoms with E-state index in [0.29, 0.717) is 6.42 Å². The summed E-state index contributed by atoms with van der Waals surface area (Å²) in [5, 5.41) is 13.3. The van der Waals surface area contributed by atoms with Gasteiger partial charge in [0, 0.05) is 18.2 Å². The average molecular weight is 439 g/mol. The first kappa shape index (κ1) is 20.2. The number of benzene rings is 3. The topological polar surface area (TPSA) is 69.6 Å². The molecule has 0 bridgehead atoms. The van der Waals surface area contributed by atoms with Crippen LogP contribution in [0.15, 0.2) is 77.7 Å². The van der Waals surface area contributed by atoms with Gasteiger partial charge in [0.15, 0.2) is 0 Å². The molecule has 31 heavy (non-hydrogen) atoms. The normalized spacial score (nSPS) is 23.1. The standard InChI is InChI=1S/C24H23FN2O3S/c25-20-8-4-5-9-23(20)31(29,30)27-13-12-18-22(15-28)26-21-11-10-17(14-19(21)24(18)27)16-6-2-1-3-7-16/h1-11,14,18,22,24,26,28H,12-13,15H2/t18-,22-,24-/m0/s1. The molecule has 3 aromatic rings. The zero-order chi connectivity index (χ0) is 21.6. The third kappa shape index (κ3) is 3.33. The fourth-order valence-electron chi connectivity index (χ4n) is 4.88. The van der Waals surface area contributed by atoms with Crippen LogP contribution in [0.5, 0.6) is 0 Å². The van der Waals surface area contributed by atoms with Gasteiger partial charge in [-0.2, -0.15) is 4.31 Å². The Balaban J connectivity index is 1.63. The highest BCUT2D eigenvalue weighted by atomic mass is 32.2. The van der Waals surface area contributed by atoms with E-state index in [-0.39, 0.29) is 30.0 Å². The Morgan fingerprint density at radius 3 is 2.48 bits per heavy atom. The second kappa shape index (κ2) is 7.75. The molecule has 5 rings (SSSR count). The van der Waals surface area contributed by atoms with Crippen LogP contribution >= 0.6 is 0 Å². The highest BCUT2D eigenvalue weighted by Crippen LogP contribution is 2.49. The van der Waals surface area contributed by atoms with E-state index in [1.165, 1.54) is 28.6 Å². The van der Waals surface area contributed by atoms with Crippen LogP contribution in [0.2, 0.25) is 0 Å². The van der Waals surface area contributed by atoms with Crippen molar-refractivity contribution in [1.82, 2.24) is 4.31 Å². The third-order valence-corrected chi connectivity index (χ3v) is 8.27. The first-order valence-electron chi connectivity index (χ1n) is 10.3. The SMILES string of the molecule is O=S(=O)(c1ccccc1F)N1CC[C@H]2[C@H](CO)Nc3ccc(-c4ccccc4)cc3[C@H]21. The number of aliphatic hydroxyl groups is 1. The van der Waals surface area contributed by atoms with Crippen LogP contribution in [0.1, 0.15) is 18.0 Å². The lowest BCUT2D eigenvalue weighted by Crippen LogP contribution is -2.43. The van der Waals surface area contributed by atoms with Gasteiger partial charge in [-0.1, -0.05) is 48.5 Å². The van der Waals surface area contributed by atoms with Gasteiger partial charge in [0.25, 0.3) is 0 Å². The van der Waals surface area contributed by atoms with E-state index in [9.17, 15) is 17.9 Å². The molecule has 0 unspecified atom stereocenters. The number of halogens is 1. The highest BCUT2D eigenvalue weighted by Gasteiger charge is 2.49. The number of rotatable bonds is 4. The minimum atomic E-state index is -4.04. The van der Waals surface area contributed by atoms with E-state index in [4.69, 9.17) is 0 Å². The Kier molecular flexibility index (Phi) is 5.04. The molecule has 5 nitrogen and oxygen atoms in total. The molecular formula is C24H23FN2O3S. The number of hydrogen-bond donors (Lipinski definition) is 2. The maximum absolute atomic E-state index is 14.4. The summed E-state index contributed by atoms with van der Waals surface area (Å²) in [4.78, 5) is -0.310. The second-order valence-electron chi connectivity index (χ2n) is 8.05. The van der Waals surface area contributed by atoms with E-state index >= 15 is 0 Å². The summed E-state index contributed by atoms with van der Waals surface area (Å²) in [6.07, 6.45) is 0.589. The van der Waals surface area contributed by atoms with Gasteiger partial charge in [0.05, 0.1) is 18.7 Å². The summed E-state index contributed by atoms with van der Waals surface area (Å²) < 4.78 is 42.8. The summed E-state index contributed by atoms with van der Waals surface area (Å²) in [7, 11) is -4.04. The molecule has 0 amide bonds. The molecule has 0 aromatic heterocycles. The van der Waals surface area contributed by atoms with E-state index in [1.54, 1.807) is 0 Å². The van der Waals surface area contributed by atoms with Crippen molar-refractivity contribution in [2.45, 2.75) is 23.4 Å². The lowest BCUT2D eigenvalue weighted by Gasteiger charge is -2.39. The molecule has 0 radical (unpaired) electrons. The van der Waals surface area contributed by atoms with Gasteiger partial charge in [-0.05, 0) is 47.4 Å². The number of anilines is 1.